The first-order valence-corrected chi connectivity index (χ1v) is 5.85. The second-order valence-corrected chi connectivity index (χ2v) is 3.33. The Labute approximate surface area is 108 Å². The first kappa shape index (κ1) is 16.1. The van der Waals surface area contributed by atoms with Gasteiger partial charge < -0.3 is 9.47 Å². The van der Waals surface area contributed by atoms with Crippen LogP contribution in [0.4, 0.5) is 0 Å². The fraction of sp³-hybridized carbons (Fsp3) is 0.571. The zero-order valence-corrected chi connectivity index (χ0v) is 10.9. The Kier molecular flexibility index (Phi) is 10.3. The molecular formula is C14H18O4. The van der Waals surface area contributed by atoms with Crippen LogP contribution in [0.3, 0.4) is 0 Å². The van der Waals surface area contributed by atoms with E-state index < -0.39 is 11.9 Å². The van der Waals surface area contributed by atoms with E-state index in [9.17, 15) is 9.59 Å². The van der Waals surface area contributed by atoms with Crippen molar-refractivity contribution in [3.8, 4) is 23.7 Å². The minimum absolute atomic E-state index is 0.184. The second kappa shape index (κ2) is 11.5. The van der Waals surface area contributed by atoms with Crippen molar-refractivity contribution in [2.24, 2.45) is 0 Å². The van der Waals surface area contributed by atoms with Gasteiger partial charge in [0.15, 0.2) is 0 Å². The standard InChI is InChI=1S/C14H18O4/c1-3-5-7-9-11-17-13(15)14(16)18-12-10-8-6-4-2/h7-12H2,1-2H3. The monoisotopic (exact) mass is 250 g/mol. The topological polar surface area (TPSA) is 52.6 Å². The summed E-state index contributed by atoms with van der Waals surface area (Å²) >= 11 is 0. The van der Waals surface area contributed by atoms with Gasteiger partial charge in [-0.2, -0.15) is 0 Å². The molecule has 0 unspecified atom stereocenters. The Hall–Kier alpha value is -1.94. The van der Waals surface area contributed by atoms with Crippen molar-refractivity contribution in [2.45, 2.75) is 39.5 Å². The van der Waals surface area contributed by atoms with Crippen molar-refractivity contribution < 1.29 is 19.1 Å². The summed E-state index contributed by atoms with van der Waals surface area (Å²) in [6, 6.07) is 0. The second-order valence-electron chi connectivity index (χ2n) is 3.33. The van der Waals surface area contributed by atoms with Gasteiger partial charge in [0.1, 0.15) is 0 Å². The molecule has 0 fully saturated rings. The van der Waals surface area contributed by atoms with E-state index in [0.717, 1.165) is 0 Å². The van der Waals surface area contributed by atoms with E-state index in [-0.39, 0.29) is 13.2 Å². The van der Waals surface area contributed by atoms with Crippen molar-refractivity contribution >= 4 is 11.9 Å². The highest BCUT2D eigenvalue weighted by Gasteiger charge is 2.16. The number of hydrogen-bond acceptors (Lipinski definition) is 4. The number of carbonyl (C=O) groups excluding carboxylic acids is 2. The van der Waals surface area contributed by atoms with Gasteiger partial charge >= 0.3 is 11.9 Å². The van der Waals surface area contributed by atoms with Crippen molar-refractivity contribution in [3.05, 3.63) is 0 Å². The van der Waals surface area contributed by atoms with Gasteiger partial charge in [0, 0.05) is 12.8 Å². The average molecular weight is 250 g/mol. The lowest BCUT2D eigenvalue weighted by Crippen LogP contribution is -2.21. The molecule has 4 heteroatoms. The zero-order chi connectivity index (χ0) is 13.6. The highest BCUT2D eigenvalue weighted by atomic mass is 16.6. The third-order valence-electron chi connectivity index (χ3n) is 1.88. The summed E-state index contributed by atoms with van der Waals surface area (Å²) in [5, 5.41) is 0. The van der Waals surface area contributed by atoms with Gasteiger partial charge in [0.25, 0.3) is 0 Å². The van der Waals surface area contributed by atoms with E-state index in [1.165, 1.54) is 0 Å². The van der Waals surface area contributed by atoms with Gasteiger partial charge in [0.2, 0.25) is 0 Å². The molecule has 0 aliphatic rings. The predicted octanol–water partition coefficient (Wildman–Crippen LogP) is 1.68. The quantitative estimate of drug-likeness (QED) is 0.311. The molecule has 0 aromatic heterocycles. The van der Waals surface area contributed by atoms with E-state index >= 15 is 0 Å². The number of hydrogen-bond donors (Lipinski definition) is 0. The average Bonchev–Trinajstić information content (AvgIpc) is 2.37. The van der Waals surface area contributed by atoms with Crippen molar-refractivity contribution in [2.75, 3.05) is 13.2 Å². The van der Waals surface area contributed by atoms with Crippen LogP contribution in [0.5, 0.6) is 0 Å². The maximum Gasteiger partial charge on any atom is 0.417 e. The van der Waals surface area contributed by atoms with Crippen molar-refractivity contribution in [1.29, 1.82) is 0 Å². The Balaban J connectivity index is 3.58. The molecule has 0 atom stereocenters. The van der Waals surface area contributed by atoms with Gasteiger partial charge in [-0.25, -0.2) is 9.59 Å². The van der Waals surface area contributed by atoms with E-state index in [0.29, 0.717) is 25.7 Å². The van der Waals surface area contributed by atoms with Gasteiger partial charge in [0.05, 0.1) is 13.2 Å². The molecule has 0 aliphatic heterocycles. The molecular weight excluding hydrogens is 232 g/mol. The Morgan fingerprint density at radius 2 is 1.22 bits per heavy atom. The van der Waals surface area contributed by atoms with Gasteiger partial charge in [-0.05, 0) is 26.7 Å². The van der Waals surface area contributed by atoms with Crippen LogP contribution in [-0.4, -0.2) is 25.2 Å². The van der Waals surface area contributed by atoms with E-state index in [2.05, 4.69) is 23.7 Å². The van der Waals surface area contributed by atoms with E-state index in [1.807, 2.05) is 0 Å². The number of unbranched alkanes of at least 4 members (excludes halogenated alkanes) is 2. The SMILES string of the molecule is CC#CCCCOC(=O)C(=O)OCCCC#CC. The Bertz CT molecular complexity index is 338. The van der Waals surface area contributed by atoms with Crippen LogP contribution in [0.15, 0.2) is 0 Å². The van der Waals surface area contributed by atoms with Crippen LogP contribution < -0.4 is 0 Å². The molecule has 0 N–H and O–H groups in total. The normalized spacial score (nSPS) is 8.33. The molecule has 0 amide bonds. The first-order chi connectivity index (χ1) is 8.72. The van der Waals surface area contributed by atoms with Crippen molar-refractivity contribution in [1.82, 2.24) is 0 Å². The summed E-state index contributed by atoms with van der Waals surface area (Å²) in [5.74, 6) is 9.24. The lowest BCUT2D eigenvalue weighted by molar-refractivity contribution is -0.167. The fourth-order valence-electron chi connectivity index (χ4n) is 1.02. The van der Waals surface area contributed by atoms with Gasteiger partial charge in [-0.15, -0.1) is 23.7 Å². The number of rotatable bonds is 6. The molecule has 0 spiro atoms. The van der Waals surface area contributed by atoms with Gasteiger partial charge in [-0.3, -0.25) is 0 Å². The molecule has 0 saturated carbocycles. The number of carbonyl (C=O) groups is 2. The summed E-state index contributed by atoms with van der Waals surface area (Å²) in [6.07, 6.45) is 2.53. The summed E-state index contributed by atoms with van der Waals surface area (Å²) in [4.78, 5) is 22.3. The lowest BCUT2D eigenvalue weighted by atomic mass is 10.3. The van der Waals surface area contributed by atoms with Crippen molar-refractivity contribution in [3.63, 3.8) is 0 Å². The molecule has 98 valence electrons. The molecule has 0 heterocycles. The first-order valence-electron chi connectivity index (χ1n) is 5.85. The summed E-state index contributed by atoms with van der Waals surface area (Å²) < 4.78 is 9.44. The lowest BCUT2D eigenvalue weighted by Gasteiger charge is -2.03. The summed E-state index contributed by atoms with van der Waals surface area (Å²) in [7, 11) is 0. The largest absolute Gasteiger partial charge is 0.457 e. The van der Waals surface area contributed by atoms with Crippen LogP contribution >= 0.6 is 0 Å². The summed E-state index contributed by atoms with van der Waals surface area (Å²) in [5.41, 5.74) is 0. The number of ether oxygens (including phenoxy) is 2. The number of esters is 2. The highest BCUT2D eigenvalue weighted by Crippen LogP contribution is 1.93. The third kappa shape index (κ3) is 9.30. The van der Waals surface area contributed by atoms with Gasteiger partial charge in [-0.1, -0.05) is 0 Å². The Morgan fingerprint density at radius 1 is 0.833 bits per heavy atom. The van der Waals surface area contributed by atoms with Crippen LogP contribution in [0.2, 0.25) is 0 Å². The third-order valence-corrected chi connectivity index (χ3v) is 1.88. The molecule has 0 aliphatic carbocycles. The molecule has 0 rings (SSSR count). The van der Waals surface area contributed by atoms with E-state index in [4.69, 9.17) is 9.47 Å². The fourth-order valence-corrected chi connectivity index (χ4v) is 1.02. The Morgan fingerprint density at radius 3 is 1.56 bits per heavy atom. The molecule has 0 aromatic rings. The minimum Gasteiger partial charge on any atom is -0.457 e. The molecule has 18 heavy (non-hydrogen) atoms. The van der Waals surface area contributed by atoms with E-state index in [1.54, 1.807) is 13.8 Å². The maximum absolute atomic E-state index is 11.1. The molecule has 0 radical (unpaired) electrons. The highest BCUT2D eigenvalue weighted by molar-refractivity contribution is 6.29. The van der Waals surface area contributed by atoms with Crippen LogP contribution in [-0.2, 0) is 19.1 Å². The minimum atomic E-state index is -0.943. The molecule has 0 saturated heterocycles. The molecule has 0 aromatic carbocycles. The van der Waals surface area contributed by atoms with Crippen LogP contribution in [0.25, 0.3) is 0 Å². The smallest absolute Gasteiger partial charge is 0.417 e. The van der Waals surface area contributed by atoms with Crippen LogP contribution in [0.1, 0.15) is 39.5 Å². The summed E-state index contributed by atoms with van der Waals surface area (Å²) in [6.45, 7) is 3.85. The predicted molar refractivity (Wildman–Crippen MR) is 67.3 cm³/mol. The van der Waals surface area contributed by atoms with Crippen LogP contribution in [0, 0.1) is 23.7 Å². The molecule has 0 bridgehead atoms. The zero-order valence-electron chi connectivity index (χ0n) is 10.9. The maximum atomic E-state index is 11.1. The molecule has 4 nitrogen and oxygen atoms in total.